The summed E-state index contributed by atoms with van der Waals surface area (Å²) in [5, 5.41) is 29.6. The molecule has 1 fully saturated rings. The molecule has 0 radical (unpaired) electrons. The zero-order chi connectivity index (χ0) is 18.6. The molecule has 140 valence electrons. The number of aliphatic hydroxyl groups excluding tert-OH is 1. The van der Waals surface area contributed by atoms with Crippen LogP contribution < -0.4 is 10.6 Å². The van der Waals surface area contributed by atoms with E-state index in [1.165, 1.54) is 12.6 Å². The molecular weight excluding hydrogens is 334 g/mol. The van der Waals surface area contributed by atoms with Crippen molar-refractivity contribution in [3.05, 3.63) is 24.0 Å². The number of rotatable bonds is 6. The molecule has 0 spiro atoms. The molecule has 0 saturated heterocycles. The maximum Gasteiger partial charge on any atom is 0.224 e. The summed E-state index contributed by atoms with van der Waals surface area (Å²) in [4.78, 5) is 12.6. The number of nitrogens with one attached hydrogen (secondary N) is 2. The minimum Gasteiger partial charge on any atom is -0.393 e. The summed E-state index contributed by atoms with van der Waals surface area (Å²) >= 11 is 0. The predicted molar refractivity (Wildman–Crippen MR) is 96.4 cm³/mol. The van der Waals surface area contributed by atoms with E-state index < -0.39 is 0 Å². The molecule has 0 aliphatic heterocycles. The van der Waals surface area contributed by atoms with E-state index in [-0.39, 0.29) is 19.0 Å². The number of aromatic nitrogens is 4. The summed E-state index contributed by atoms with van der Waals surface area (Å²) in [6.07, 6.45) is 5.45. The Morgan fingerprint density at radius 1 is 1.42 bits per heavy atom. The summed E-state index contributed by atoms with van der Waals surface area (Å²) in [5.41, 5.74) is 0.235. The van der Waals surface area contributed by atoms with Crippen LogP contribution in [0.25, 0.3) is 0 Å². The Morgan fingerprint density at radius 2 is 2.27 bits per heavy atom. The van der Waals surface area contributed by atoms with Gasteiger partial charge in [0, 0.05) is 20.4 Å². The molecule has 9 heteroatoms. The molecule has 1 saturated carbocycles. The molecule has 0 bridgehead atoms. The molecule has 1 aliphatic rings. The minimum absolute atomic E-state index is 0. The predicted octanol–water partition coefficient (Wildman–Crippen LogP) is 1.98. The first-order chi connectivity index (χ1) is 12.5. The topological polar surface area (TPSA) is 133 Å². The Morgan fingerprint density at radius 3 is 2.96 bits per heavy atom. The fourth-order valence-corrected chi connectivity index (χ4v) is 3.19. The zero-order valence-corrected chi connectivity index (χ0v) is 14.9. The van der Waals surface area contributed by atoms with Crippen molar-refractivity contribution in [1.29, 1.82) is 5.26 Å². The van der Waals surface area contributed by atoms with Crippen molar-refractivity contribution in [2.24, 2.45) is 5.41 Å². The molecule has 1 aliphatic carbocycles. The SMILES string of the molecule is CC1(C)C[C@H](Nc2nc(NCCc3ncon3)ncc2C#N)CC[C@@H]1O.[HH]. The van der Waals surface area contributed by atoms with Crippen molar-refractivity contribution in [2.45, 2.75) is 51.7 Å². The normalized spacial score (nSPS) is 21.8. The van der Waals surface area contributed by atoms with Crippen molar-refractivity contribution in [3.63, 3.8) is 0 Å². The number of anilines is 2. The maximum absolute atomic E-state index is 10.1. The van der Waals surface area contributed by atoms with Crippen LogP contribution in [0, 0.1) is 16.7 Å². The van der Waals surface area contributed by atoms with Crippen LogP contribution in [0.2, 0.25) is 0 Å². The third-order valence-corrected chi connectivity index (χ3v) is 4.75. The average Bonchev–Trinajstić information content (AvgIpc) is 3.12. The third kappa shape index (κ3) is 4.26. The van der Waals surface area contributed by atoms with Crippen molar-refractivity contribution < 1.29 is 11.1 Å². The van der Waals surface area contributed by atoms with Crippen LogP contribution in [0.15, 0.2) is 17.1 Å². The number of nitriles is 1. The summed E-state index contributed by atoms with van der Waals surface area (Å²) in [5.74, 6) is 1.55. The monoisotopic (exact) mass is 359 g/mol. The van der Waals surface area contributed by atoms with Gasteiger partial charge in [0.15, 0.2) is 5.82 Å². The van der Waals surface area contributed by atoms with Crippen molar-refractivity contribution in [3.8, 4) is 6.07 Å². The molecule has 0 aromatic carbocycles. The van der Waals surface area contributed by atoms with E-state index in [0.717, 1.165) is 19.3 Å². The first-order valence-electron chi connectivity index (χ1n) is 8.69. The largest absolute Gasteiger partial charge is 0.393 e. The lowest BCUT2D eigenvalue weighted by molar-refractivity contribution is 0.00926. The second-order valence-corrected chi connectivity index (χ2v) is 7.22. The Kier molecular flexibility index (Phi) is 5.32. The fraction of sp³-hybridized carbons (Fsp3) is 0.588. The molecule has 2 aromatic rings. The van der Waals surface area contributed by atoms with Gasteiger partial charge in [-0.3, -0.25) is 0 Å². The van der Waals surface area contributed by atoms with Gasteiger partial charge in [0.1, 0.15) is 17.5 Å². The number of aliphatic hydroxyl groups is 1. The van der Waals surface area contributed by atoms with E-state index in [1.54, 1.807) is 0 Å². The lowest BCUT2D eigenvalue weighted by Crippen LogP contribution is -2.41. The maximum atomic E-state index is 10.1. The van der Waals surface area contributed by atoms with E-state index >= 15 is 0 Å². The van der Waals surface area contributed by atoms with Gasteiger partial charge < -0.3 is 20.3 Å². The van der Waals surface area contributed by atoms with Crippen LogP contribution in [-0.2, 0) is 6.42 Å². The Labute approximate surface area is 153 Å². The van der Waals surface area contributed by atoms with Crippen molar-refractivity contribution in [2.75, 3.05) is 17.2 Å². The van der Waals surface area contributed by atoms with Gasteiger partial charge in [-0.15, -0.1) is 0 Å². The lowest BCUT2D eigenvalue weighted by atomic mass is 9.73. The molecule has 3 rings (SSSR count). The van der Waals surface area contributed by atoms with Crippen molar-refractivity contribution in [1.82, 2.24) is 20.1 Å². The Bertz CT molecular complexity index is 776. The summed E-state index contributed by atoms with van der Waals surface area (Å²) in [7, 11) is 0. The molecule has 2 atom stereocenters. The molecule has 0 amide bonds. The second-order valence-electron chi connectivity index (χ2n) is 7.22. The number of hydrogen-bond acceptors (Lipinski definition) is 9. The summed E-state index contributed by atoms with van der Waals surface area (Å²) < 4.78 is 4.69. The molecule has 3 N–H and O–H groups in total. The van der Waals surface area contributed by atoms with Crippen molar-refractivity contribution >= 4 is 11.8 Å². The minimum atomic E-state index is -0.302. The van der Waals surface area contributed by atoms with Crippen LogP contribution in [0.1, 0.15) is 45.9 Å². The van der Waals surface area contributed by atoms with Gasteiger partial charge in [0.25, 0.3) is 0 Å². The number of hydrogen-bond donors (Lipinski definition) is 3. The smallest absolute Gasteiger partial charge is 0.224 e. The lowest BCUT2D eigenvalue weighted by Gasteiger charge is -2.40. The Hall–Kier alpha value is -2.73. The molecular formula is C17H25N7O2. The average molecular weight is 359 g/mol. The van der Waals surface area contributed by atoms with Crippen LogP contribution in [0.5, 0.6) is 0 Å². The highest BCUT2D eigenvalue weighted by atomic mass is 16.5. The standard InChI is InChI=1S/C17H23N7O2.H2/c1-17(2)7-12(3-4-13(17)25)22-15-11(8-18)9-20-16(23-15)19-6-5-14-21-10-26-24-14;/h9-10,12-13,25H,3-7H2,1-2H3,(H2,19,20,22,23);1H/t12-,13+;/m1./s1. The molecule has 0 unspecified atom stereocenters. The highest BCUT2D eigenvalue weighted by Crippen LogP contribution is 2.36. The second kappa shape index (κ2) is 7.66. The van der Waals surface area contributed by atoms with Crippen LogP contribution in [0.4, 0.5) is 11.8 Å². The zero-order valence-electron chi connectivity index (χ0n) is 14.9. The first kappa shape index (κ1) is 18.1. The van der Waals surface area contributed by atoms with Crippen LogP contribution >= 0.6 is 0 Å². The Balaban J connectivity index is 0.00000261. The summed E-state index contributed by atoms with van der Waals surface area (Å²) in [6.45, 7) is 4.66. The molecule has 26 heavy (non-hydrogen) atoms. The first-order valence-corrected chi connectivity index (χ1v) is 8.69. The molecule has 2 aromatic heterocycles. The van der Waals surface area contributed by atoms with E-state index in [4.69, 9.17) is 4.52 Å². The third-order valence-electron chi connectivity index (χ3n) is 4.75. The molecule has 9 nitrogen and oxygen atoms in total. The van der Waals surface area contributed by atoms with Gasteiger partial charge in [-0.25, -0.2) is 4.98 Å². The van der Waals surface area contributed by atoms with Gasteiger partial charge in [-0.1, -0.05) is 19.0 Å². The van der Waals surface area contributed by atoms with Gasteiger partial charge in [-0.2, -0.15) is 15.2 Å². The summed E-state index contributed by atoms with van der Waals surface area (Å²) in [6, 6.07) is 2.28. The quantitative estimate of drug-likeness (QED) is 0.708. The van der Waals surface area contributed by atoms with E-state index in [2.05, 4.69) is 50.7 Å². The van der Waals surface area contributed by atoms with E-state index in [9.17, 15) is 10.4 Å². The van der Waals surface area contributed by atoms with Gasteiger partial charge in [-0.05, 0) is 24.7 Å². The fourth-order valence-electron chi connectivity index (χ4n) is 3.19. The van der Waals surface area contributed by atoms with E-state index in [1.807, 2.05) is 0 Å². The number of nitrogens with zero attached hydrogens (tertiary/aromatic N) is 5. The highest BCUT2D eigenvalue weighted by Gasteiger charge is 2.35. The van der Waals surface area contributed by atoms with Crippen LogP contribution in [-0.4, -0.2) is 43.9 Å². The van der Waals surface area contributed by atoms with Gasteiger partial charge in [0.05, 0.1) is 12.3 Å². The van der Waals surface area contributed by atoms with E-state index in [0.29, 0.717) is 36.1 Å². The van der Waals surface area contributed by atoms with Gasteiger partial charge >= 0.3 is 0 Å². The highest BCUT2D eigenvalue weighted by molar-refractivity contribution is 5.54. The van der Waals surface area contributed by atoms with Gasteiger partial charge in [0.2, 0.25) is 12.3 Å². The molecule has 2 heterocycles. The van der Waals surface area contributed by atoms with Crippen LogP contribution in [0.3, 0.4) is 0 Å².